The fourth-order valence-corrected chi connectivity index (χ4v) is 2.28. The largest absolute Gasteiger partial charge is 0.308 e. The first-order valence-corrected chi connectivity index (χ1v) is 8.03. The molecule has 1 unspecified atom stereocenters. The van der Waals surface area contributed by atoms with Gasteiger partial charge in [0.25, 0.3) is 0 Å². The molecular weight excluding hydrogens is 263 g/mol. The number of hydrogen-bond donors (Lipinski definition) is 1. The Kier molecular flexibility index (Phi) is 6.82. The smallest absolute Gasteiger partial charge is 0.127 e. The minimum Gasteiger partial charge on any atom is -0.308 e. The van der Waals surface area contributed by atoms with E-state index in [1.165, 1.54) is 0 Å². The van der Waals surface area contributed by atoms with Gasteiger partial charge in [0.05, 0.1) is 0 Å². The molecule has 1 aromatic carbocycles. The molecular formula is C18H31FN2. The zero-order chi connectivity index (χ0) is 16.0. The molecule has 1 atom stereocenters. The van der Waals surface area contributed by atoms with Crippen LogP contribution in [0.3, 0.4) is 0 Å². The van der Waals surface area contributed by atoms with E-state index in [4.69, 9.17) is 0 Å². The summed E-state index contributed by atoms with van der Waals surface area (Å²) in [7, 11) is 0. The summed E-state index contributed by atoms with van der Waals surface area (Å²) < 4.78 is 14.1. The van der Waals surface area contributed by atoms with E-state index < -0.39 is 0 Å². The molecule has 21 heavy (non-hydrogen) atoms. The number of rotatable bonds is 7. The Hall–Kier alpha value is -0.930. The monoisotopic (exact) mass is 294 g/mol. The molecule has 0 saturated carbocycles. The van der Waals surface area contributed by atoms with Gasteiger partial charge in [-0.25, -0.2) is 4.39 Å². The quantitative estimate of drug-likeness (QED) is 0.805. The molecule has 0 aromatic heterocycles. The van der Waals surface area contributed by atoms with Gasteiger partial charge >= 0.3 is 0 Å². The van der Waals surface area contributed by atoms with Crippen LogP contribution in [-0.4, -0.2) is 23.0 Å². The van der Waals surface area contributed by atoms with Crippen molar-refractivity contribution in [3.05, 3.63) is 35.1 Å². The maximum absolute atomic E-state index is 14.1. The summed E-state index contributed by atoms with van der Waals surface area (Å²) in [5.41, 5.74) is 2.01. The van der Waals surface area contributed by atoms with E-state index >= 15 is 0 Å². The molecule has 0 saturated heterocycles. The molecule has 1 N–H and O–H groups in total. The van der Waals surface area contributed by atoms with Gasteiger partial charge in [-0.05, 0) is 52.3 Å². The van der Waals surface area contributed by atoms with Gasteiger partial charge in [0.15, 0.2) is 0 Å². The summed E-state index contributed by atoms with van der Waals surface area (Å²) in [6.45, 7) is 15.3. The van der Waals surface area contributed by atoms with Crippen molar-refractivity contribution >= 4 is 0 Å². The van der Waals surface area contributed by atoms with Crippen molar-refractivity contribution in [3.8, 4) is 0 Å². The zero-order valence-electron chi connectivity index (χ0n) is 14.5. The van der Waals surface area contributed by atoms with Crippen molar-refractivity contribution in [1.82, 2.24) is 10.2 Å². The summed E-state index contributed by atoms with van der Waals surface area (Å²) in [5, 5.41) is 3.45. The molecule has 0 aliphatic heterocycles. The first-order chi connectivity index (χ1) is 9.76. The van der Waals surface area contributed by atoms with Gasteiger partial charge in [-0.2, -0.15) is 0 Å². The molecule has 0 bridgehead atoms. The number of halogens is 1. The van der Waals surface area contributed by atoms with Crippen LogP contribution >= 0.6 is 0 Å². The van der Waals surface area contributed by atoms with Crippen molar-refractivity contribution in [3.63, 3.8) is 0 Å². The molecule has 0 radical (unpaired) electrons. The van der Waals surface area contributed by atoms with Gasteiger partial charge in [0, 0.05) is 30.2 Å². The van der Waals surface area contributed by atoms with E-state index in [-0.39, 0.29) is 11.4 Å². The topological polar surface area (TPSA) is 15.3 Å². The summed E-state index contributed by atoms with van der Waals surface area (Å²) >= 11 is 0. The minimum absolute atomic E-state index is 0.0702. The van der Waals surface area contributed by atoms with Crippen LogP contribution in [0.25, 0.3) is 0 Å². The van der Waals surface area contributed by atoms with Crippen LogP contribution in [0.4, 0.5) is 4.39 Å². The first kappa shape index (κ1) is 18.1. The number of hydrogen-bond acceptors (Lipinski definition) is 2. The SMILES string of the molecule is CCC(C)N(CC)Cc1cc(CNC(C)(C)C)ccc1F. The second-order valence-electron chi connectivity index (χ2n) is 6.85. The molecule has 120 valence electrons. The molecule has 2 nitrogen and oxygen atoms in total. The molecule has 1 rings (SSSR count). The highest BCUT2D eigenvalue weighted by atomic mass is 19.1. The van der Waals surface area contributed by atoms with E-state index in [9.17, 15) is 4.39 Å². The molecule has 0 aliphatic rings. The van der Waals surface area contributed by atoms with Crippen LogP contribution in [0.15, 0.2) is 18.2 Å². The van der Waals surface area contributed by atoms with Gasteiger partial charge in [-0.3, -0.25) is 4.90 Å². The number of benzene rings is 1. The van der Waals surface area contributed by atoms with E-state index in [0.29, 0.717) is 12.6 Å². The summed E-state index contributed by atoms with van der Waals surface area (Å²) in [6.07, 6.45) is 1.08. The summed E-state index contributed by atoms with van der Waals surface area (Å²) in [6, 6.07) is 5.95. The Bertz CT molecular complexity index is 437. The summed E-state index contributed by atoms with van der Waals surface area (Å²) in [4.78, 5) is 2.32. The van der Waals surface area contributed by atoms with Crippen LogP contribution in [-0.2, 0) is 13.1 Å². The Morgan fingerprint density at radius 2 is 1.90 bits per heavy atom. The normalized spacial score (nSPS) is 13.7. The lowest BCUT2D eigenvalue weighted by Crippen LogP contribution is -2.35. The molecule has 1 aromatic rings. The lowest BCUT2D eigenvalue weighted by Gasteiger charge is -2.27. The summed E-state index contributed by atoms with van der Waals surface area (Å²) in [5.74, 6) is -0.101. The maximum Gasteiger partial charge on any atom is 0.127 e. The van der Waals surface area contributed by atoms with E-state index in [2.05, 4.69) is 51.8 Å². The third-order valence-corrected chi connectivity index (χ3v) is 3.93. The van der Waals surface area contributed by atoms with Crippen molar-refractivity contribution in [2.24, 2.45) is 0 Å². The number of nitrogens with one attached hydrogen (secondary N) is 1. The van der Waals surface area contributed by atoms with E-state index in [1.807, 2.05) is 12.1 Å². The van der Waals surface area contributed by atoms with Crippen molar-refractivity contribution < 1.29 is 4.39 Å². The molecule has 0 amide bonds. The lowest BCUT2D eigenvalue weighted by atomic mass is 10.1. The predicted molar refractivity (Wildman–Crippen MR) is 88.8 cm³/mol. The second kappa shape index (κ2) is 7.90. The Morgan fingerprint density at radius 1 is 1.24 bits per heavy atom. The van der Waals surface area contributed by atoms with Gasteiger partial charge in [-0.1, -0.05) is 26.0 Å². The van der Waals surface area contributed by atoms with Crippen molar-refractivity contribution in [2.75, 3.05) is 6.54 Å². The van der Waals surface area contributed by atoms with Crippen LogP contribution in [0.2, 0.25) is 0 Å². The average Bonchev–Trinajstić information content (AvgIpc) is 2.43. The Morgan fingerprint density at radius 3 is 2.43 bits per heavy atom. The highest BCUT2D eigenvalue weighted by molar-refractivity contribution is 5.25. The highest BCUT2D eigenvalue weighted by Crippen LogP contribution is 2.16. The van der Waals surface area contributed by atoms with Gasteiger partial charge in [0.2, 0.25) is 0 Å². The molecule has 0 spiro atoms. The first-order valence-electron chi connectivity index (χ1n) is 8.03. The van der Waals surface area contributed by atoms with Crippen LogP contribution in [0.1, 0.15) is 59.1 Å². The van der Waals surface area contributed by atoms with Gasteiger partial charge < -0.3 is 5.32 Å². The van der Waals surface area contributed by atoms with Crippen molar-refractivity contribution in [1.29, 1.82) is 0 Å². The fraction of sp³-hybridized carbons (Fsp3) is 0.667. The predicted octanol–water partition coefficient (Wildman–Crippen LogP) is 4.33. The zero-order valence-corrected chi connectivity index (χ0v) is 14.5. The highest BCUT2D eigenvalue weighted by Gasteiger charge is 2.14. The standard InChI is InChI=1S/C18H31FN2/c1-7-14(3)21(8-2)13-16-11-15(9-10-17(16)19)12-20-18(4,5)6/h9-11,14,20H,7-8,12-13H2,1-6H3. The van der Waals surface area contributed by atoms with Crippen LogP contribution < -0.4 is 5.32 Å². The average molecular weight is 294 g/mol. The second-order valence-corrected chi connectivity index (χ2v) is 6.85. The number of nitrogens with zero attached hydrogens (tertiary/aromatic N) is 1. The molecule has 0 aliphatic carbocycles. The van der Waals surface area contributed by atoms with E-state index in [1.54, 1.807) is 6.07 Å². The van der Waals surface area contributed by atoms with E-state index in [0.717, 1.165) is 30.6 Å². The third-order valence-electron chi connectivity index (χ3n) is 3.93. The van der Waals surface area contributed by atoms with Gasteiger partial charge in [0.1, 0.15) is 5.82 Å². The lowest BCUT2D eigenvalue weighted by molar-refractivity contribution is 0.203. The van der Waals surface area contributed by atoms with Gasteiger partial charge in [-0.15, -0.1) is 0 Å². The van der Waals surface area contributed by atoms with Crippen LogP contribution in [0, 0.1) is 5.82 Å². The van der Waals surface area contributed by atoms with Crippen molar-refractivity contribution in [2.45, 2.75) is 72.6 Å². The molecule has 0 fully saturated rings. The maximum atomic E-state index is 14.1. The minimum atomic E-state index is -0.101. The molecule has 0 heterocycles. The molecule has 3 heteroatoms. The third kappa shape index (κ3) is 6.15. The van der Waals surface area contributed by atoms with Crippen LogP contribution in [0.5, 0.6) is 0 Å². The Balaban J connectivity index is 2.82. The fourth-order valence-electron chi connectivity index (χ4n) is 2.28. The Labute approximate surface area is 129 Å².